The highest BCUT2D eigenvalue weighted by Gasteiger charge is 2.25. The number of carbonyl (C=O) groups is 1. The number of esters is 1. The van der Waals surface area contributed by atoms with E-state index in [1.807, 2.05) is 0 Å². The Balaban J connectivity index is 2.01. The Morgan fingerprint density at radius 2 is 2.12 bits per heavy atom. The Hall–Kier alpha value is -2.70. The number of nitro benzene ring substituents is 1. The number of rotatable bonds is 5. The molecule has 1 fully saturated rings. The maximum absolute atomic E-state index is 11.9. The molecule has 1 aromatic heterocycles. The SMILES string of the molecule is CCOC(=O)c1ccc(-n2ccnc2C2CCCCC2)c([N+](=O)[O-])c1. The van der Waals surface area contributed by atoms with Crippen molar-refractivity contribution in [1.82, 2.24) is 9.55 Å². The van der Waals surface area contributed by atoms with Gasteiger partial charge in [0, 0.05) is 24.4 Å². The van der Waals surface area contributed by atoms with E-state index >= 15 is 0 Å². The predicted octanol–water partition coefficient (Wildman–Crippen LogP) is 4.00. The summed E-state index contributed by atoms with van der Waals surface area (Å²) in [5.74, 6) is 0.607. The van der Waals surface area contributed by atoms with Gasteiger partial charge in [-0.15, -0.1) is 0 Å². The molecule has 0 unspecified atom stereocenters. The molecule has 2 aromatic rings. The van der Waals surface area contributed by atoms with Gasteiger partial charge in [0.1, 0.15) is 11.5 Å². The Bertz CT molecular complexity index is 778. The van der Waals surface area contributed by atoms with Crippen LogP contribution in [0.2, 0.25) is 0 Å². The molecule has 1 aliphatic rings. The van der Waals surface area contributed by atoms with E-state index in [4.69, 9.17) is 4.74 Å². The Labute approximate surface area is 145 Å². The van der Waals surface area contributed by atoms with Crippen molar-refractivity contribution in [3.63, 3.8) is 0 Å². The number of ether oxygens (including phenoxy) is 1. The smallest absolute Gasteiger partial charge is 0.338 e. The largest absolute Gasteiger partial charge is 0.462 e. The van der Waals surface area contributed by atoms with Gasteiger partial charge >= 0.3 is 5.97 Å². The molecule has 3 rings (SSSR count). The molecule has 0 N–H and O–H groups in total. The molecule has 1 aliphatic carbocycles. The average molecular weight is 343 g/mol. The molecule has 0 atom stereocenters. The van der Waals surface area contributed by atoms with E-state index in [1.165, 1.54) is 12.5 Å². The molecule has 25 heavy (non-hydrogen) atoms. The van der Waals surface area contributed by atoms with Crippen molar-refractivity contribution in [2.24, 2.45) is 0 Å². The van der Waals surface area contributed by atoms with Crippen LogP contribution in [0.3, 0.4) is 0 Å². The zero-order valence-corrected chi connectivity index (χ0v) is 14.2. The van der Waals surface area contributed by atoms with Crippen molar-refractivity contribution >= 4 is 11.7 Å². The molecule has 1 saturated carbocycles. The molecule has 0 radical (unpaired) electrons. The van der Waals surface area contributed by atoms with E-state index in [-0.39, 0.29) is 17.9 Å². The summed E-state index contributed by atoms with van der Waals surface area (Å²) in [6.45, 7) is 1.92. The van der Waals surface area contributed by atoms with Crippen LogP contribution >= 0.6 is 0 Å². The topological polar surface area (TPSA) is 87.3 Å². The molecule has 1 aromatic carbocycles. The lowest BCUT2D eigenvalue weighted by molar-refractivity contribution is -0.384. The number of nitro groups is 1. The lowest BCUT2D eigenvalue weighted by Crippen LogP contribution is -2.12. The van der Waals surface area contributed by atoms with Crippen LogP contribution in [-0.4, -0.2) is 27.1 Å². The van der Waals surface area contributed by atoms with Gasteiger partial charge in [0.25, 0.3) is 5.69 Å². The summed E-state index contributed by atoms with van der Waals surface area (Å²) in [6.07, 6.45) is 9.05. The first-order valence-electron chi connectivity index (χ1n) is 8.61. The van der Waals surface area contributed by atoms with E-state index in [0.717, 1.165) is 31.5 Å². The number of carbonyl (C=O) groups excluding carboxylic acids is 1. The number of hydrogen-bond donors (Lipinski definition) is 0. The average Bonchev–Trinajstić information content (AvgIpc) is 3.11. The minimum atomic E-state index is -0.560. The minimum absolute atomic E-state index is 0.124. The van der Waals surface area contributed by atoms with E-state index in [0.29, 0.717) is 11.6 Å². The summed E-state index contributed by atoms with van der Waals surface area (Å²) in [5.41, 5.74) is 0.480. The van der Waals surface area contributed by atoms with Crippen molar-refractivity contribution in [1.29, 1.82) is 0 Å². The fourth-order valence-electron chi connectivity index (χ4n) is 3.40. The highest BCUT2D eigenvalue weighted by atomic mass is 16.6. The third-order valence-corrected chi connectivity index (χ3v) is 4.58. The Kier molecular flexibility index (Phi) is 5.11. The second-order valence-electron chi connectivity index (χ2n) is 6.17. The first-order valence-corrected chi connectivity index (χ1v) is 8.61. The van der Waals surface area contributed by atoms with Gasteiger partial charge in [-0.1, -0.05) is 19.3 Å². The van der Waals surface area contributed by atoms with E-state index in [2.05, 4.69) is 4.98 Å². The number of aromatic nitrogens is 2. The van der Waals surface area contributed by atoms with E-state index in [1.54, 1.807) is 36.0 Å². The standard InChI is InChI=1S/C18H21N3O4/c1-2-25-18(22)14-8-9-15(16(12-14)21(23)24)20-11-10-19-17(20)13-6-4-3-5-7-13/h8-13H,2-7H2,1H3. The molecule has 0 aliphatic heterocycles. The second-order valence-corrected chi connectivity index (χ2v) is 6.17. The van der Waals surface area contributed by atoms with Crippen molar-refractivity contribution in [2.75, 3.05) is 6.61 Å². The molecule has 132 valence electrons. The van der Waals surface area contributed by atoms with E-state index < -0.39 is 10.9 Å². The van der Waals surface area contributed by atoms with Crippen LogP contribution in [0.4, 0.5) is 5.69 Å². The highest BCUT2D eigenvalue weighted by molar-refractivity contribution is 5.90. The molecule has 1 heterocycles. The first kappa shape index (κ1) is 17.1. The molecular weight excluding hydrogens is 322 g/mol. The number of benzene rings is 1. The van der Waals surface area contributed by atoms with Crippen molar-refractivity contribution in [2.45, 2.75) is 44.9 Å². The molecule has 0 bridgehead atoms. The summed E-state index contributed by atoms with van der Waals surface area (Å²) in [7, 11) is 0. The van der Waals surface area contributed by atoms with Gasteiger partial charge in [-0.25, -0.2) is 9.78 Å². The zero-order chi connectivity index (χ0) is 17.8. The van der Waals surface area contributed by atoms with Crippen LogP contribution in [0.15, 0.2) is 30.6 Å². The zero-order valence-electron chi connectivity index (χ0n) is 14.2. The summed E-state index contributed by atoms with van der Waals surface area (Å²) >= 11 is 0. The molecule has 7 nitrogen and oxygen atoms in total. The second kappa shape index (κ2) is 7.46. The van der Waals surface area contributed by atoms with Crippen LogP contribution in [0, 0.1) is 10.1 Å². The maximum Gasteiger partial charge on any atom is 0.338 e. The first-order chi connectivity index (χ1) is 12.1. The number of imidazole rings is 1. The van der Waals surface area contributed by atoms with Gasteiger partial charge in [-0.3, -0.25) is 14.7 Å². The van der Waals surface area contributed by atoms with Crippen LogP contribution in [-0.2, 0) is 4.74 Å². The lowest BCUT2D eigenvalue weighted by atomic mass is 9.88. The molecule has 0 saturated heterocycles. The Morgan fingerprint density at radius 3 is 2.80 bits per heavy atom. The number of nitrogens with zero attached hydrogens (tertiary/aromatic N) is 3. The molecule has 0 spiro atoms. The monoisotopic (exact) mass is 343 g/mol. The quantitative estimate of drug-likeness (QED) is 0.465. The molecule has 7 heteroatoms. The van der Waals surface area contributed by atoms with Gasteiger partial charge in [0.05, 0.1) is 17.1 Å². The summed E-state index contributed by atoms with van der Waals surface area (Å²) < 4.78 is 6.71. The predicted molar refractivity (Wildman–Crippen MR) is 92.0 cm³/mol. The molecular formula is C18H21N3O4. The van der Waals surface area contributed by atoms with Crippen LogP contribution in [0.5, 0.6) is 0 Å². The van der Waals surface area contributed by atoms with Crippen molar-refractivity contribution < 1.29 is 14.5 Å². The van der Waals surface area contributed by atoms with Gasteiger partial charge in [0.2, 0.25) is 0 Å². The lowest BCUT2D eigenvalue weighted by Gasteiger charge is -2.22. The normalized spacial score (nSPS) is 15.1. The summed E-state index contributed by atoms with van der Waals surface area (Å²) in [5, 5.41) is 11.6. The van der Waals surface area contributed by atoms with Gasteiger partial charge in [-0.05, 0) is 31.9 Å². The number of hydrogen-bond acceptors (Lipinski definition) is 5. The van der Waals surface area contributed by atoms with Gasteiger partial charge in [0.15, 0.2) is 0 Å². The third kappa shape index (κ3) is 3.55. The van der Waals surface area contributed by atoms with Crippen molar-refractivity contribution in [3.8, 4) is 5.69 Å². The Morgan fingerprint density at radius 1 is 1.36 bits per heavy atom. The fraction of sp³-hybridized carbons (Fsp3) is 0.444. The van der Waals surface area contributed by atoms with Crippen LogP contribution in [0.1, 0.15) is 61.1 Å². The summed E-state index contributed by atoms with van der Waals surface area (Å²) in [4.78, 5) is 27.4. The molecule has 0 amide bonds. The highest BCUT2D eigenvalue weighted by Crippen LogP contribution is 2.34. The van der Waals surface area contributed by atoms with Crippen LogP contribution < -0.4 is 0 Å². The maximum atomic E-state index is 11.9. The fourth-order valence-corrected chi connectivity index (χ4v) is 3.40. The van der Waals surface area contributed by atoms with Gasteiger partial charge in [-0.2, -0.15) is 0 Å². The van der Waals surface area contributed by atoms with Crippen molar-refractivity contribution in [3.05, 3.63) is 52.1 Å². The third-order valence-electron chi connectivity index (χ3n) is 4.58. The summed E-state index contributed by atoms with van der Waals surface area (Å²) in [6, 6.07) is 4.43. The van der Waals surface area contributed by atoms with E-state index in [9.17, 15) is 14.9 Å². The van der Waals surface area contributed by atoms with Crippen LogP contribution in [0.25, 0.3) is 5.69 Å². The minimum Gasteiger partial charge on any atom is -0.462 e. The van der Waals surface area contributed by atoms with Gasteiger partial charge < -0.3 is 4.74 Å².